The van der Waals surface area contributed by atoms with E-state index in [1.807, 2.05) is 30.3 Å². The number of rotatable bonds is 7. The molecule has 0 aromatic heterocycles. The van der Waals surface area contributed by atoms with Crippen molar-refractivity contribution in [2.75, 3.05) is 0 Å². The Hall–Kier alpha value is -1.40. The Morgan fingerprint density at radius 2 is 1.42 bits per heavy atom. The molecule has 0 aliphatic heterocycles. The van der Waals surface area contributed by atoms with Crippen molar-refractivity contribution in [2.24, 2.45) is 0 Å². The van der Waals surface area contributed by atoms with Gasteiger partial charge in [0.1, 0.15) is 0 Å². The first-order valence-corrected chi connectivity index (χ1v) is 8.82. The molecule has 0 saturated carbocycles. The van der Waals surface area contributed by atoms with Crippen molar-refractivity contribution < 1.29 is 16.8 Å². The van der Waals surface area contributed by atoms with E-state index in [4.69, 9.17) is 0 Å². The van der Waals surface area contributed by atoms with Crippen LogP contribution in [-0.2, 0) is 26.1 Å². The molecule has 6 heteroatoms. The third-order valence-electron chi connectivity index (χ3n) is 2.71. The summed E-state index contributed by atoms with van der Waals surface area (Å²) < 4.78 is 45.6. The Kier molecular flexibility index (Phi) is 5.08. The highest BCUT2D eigenvalue weighted by Crippen LogP contribution is 2.19. The molecule has 0 aliphatic rings. The maximum atomic E-state index is 11.8. The molecule has 0 radical (unpaired) electrons. The summed E-state index contributed by atoms with van der Waals surface area (Å²) in [5.74, 6) is 0. The second kappa shape index (κ2) is 6.16. The summed E-state index contributed by atoms with van der Waals surface area (Å²) in [6.45, 7) is 6.34. The highest BCUT2D eigenvalue weighted by Gasteiger charge is 2.33. The molecular formula is C13H16O4S2. The number of hydrogen-bond donors (Lipinski definition) is 0. The lowest BCUT2D eigenvalue weighted by atomic mass is 10.1. The summed E-state index contributed by atoms with van der Waals surface area (Å²) in [7, 11) is -7.79. The van der Waals surface area contributed by atoms with E-state index >= 15 is 0 Å². The topological polar surface area (TPSA) is 68.3 Å². The molecule has 0 heterocycles. The highest BCUT2D eigenvalue weighted by molar-refractivity contribution is 8.11. The molecule has 0 aliphatic carbocycles. The van der Waals surface area contributed by atoms with E-state index in [1.165, 1.54) is 0 Å². The lowest BCUT2D eigenvalue weighted by Crippen LogP contribution is -2.28. The van der Waals surface area contributed by atoms with E-state index < -0.39 is 24.3 Å². The Balaban J connectivity index is 3.01. The molecule has 0 N–H and O–H groups in total. The van der Waals surface area contributed by atoms with Gasteiger partial charge in [-0.2, -0.15) is 0 Å². The van der Waals surface area contributed by atoms with Crippen LogP contribution >= 0.6 is 0 Å². The average molecular weight is 300 g/mol. The molecule has 0 unspecified atom stereocenters. The maximum absolute atomic E-state index is 11.8. The van der Waals surface area contributed by atoms with E-state index in [0.29, 0.717) is 17.2 Å². The molecule has 4 nitrogen and oxygen atoms in total. The quantitative estimate of drug-likeness (QED) is 0.773. The van der Waals surface area contributed by atoms with Gasteiger partial charge >= 0.3 is 0 Å². The normalized spacial score (nSPS) is 12.3. The van der Waals surface area contributed by atoms with Crippen LogP contribution in [0.15, 0.2) is 54.3 Å². The largest absolute Gasteiger partial charge is 0.223 e. The van der Waals surface area contributed by atoms with Crippen molar-refractivity contribution in [3.63, 3.8) is 0 Å². The molecule has 1 aromatic rings. The van der Waals surface area contributed by atoms with Crippen LogP contribution in [0.2, 0.25) is 0 Å². The monoisotopic (exact) mass is 300 g/mol. The third kappa shape index (κ3) is 4.04. The summed E-state index contributed by atoms with van der Waals surface area (Å²) in [6.07, 6.45) is 0.332. The zero-order valence-electron chi connectivity index (χ0n) is 10.4. The van der Waals surface area contributed by atoms with Gasteiger partial charge in [-0.05, 0) is 18.4 Å². The summed E-state index contributed by atoms with van der Waals surface area (Å²) in [6, 6.07) is 9.10. The van der Waals surface area contributed by atoms with Gasteiger partial charge in [-0.15, -0.1) is 0 Å². The Labute approximate surface area is 114 Å². The molecule has 0 bridgehead atoms. The number of sulfone groups is 2. The molecule has 1 rings (SSSR count). The van der Waals surface area contributed by atoms with Crippen LogP contribution in [0.4, 0.5) is 0 Å². The minimum absolute atomic E-state index is 0.0211. The van der Waals surface area contributed by atoms with Crippen LogP contribution in [0.5, 0.6) is 0 Å². The first-order chi connectivity index (χ1) is 8.83. The molecule has 0 spiro atoms. The molecular weight excluding hydrogens is 284 g/mol. The molecule has 19 heavy (non-hydrogen) atoms. The lowest BCUT2D eigenvalue weighted by molar-refractivity contribution is 0.579. The van der Waals surface area contributed by atoms with Crippen LogP contribution in [0, 0.1) is 0 Å². The lowest BCUT2D eigenvalue weighted by Gasteiger charge is -2.13. The van der Waals surface area contributed by atoms with Crippen LogP contribution in [-0.4, -0.2) is 21.4 Å². The third-order valence-corrected chi connectivity index (χ3v) is 7.18. The fourth-order valence-electron chi connectivity index (χ4n) is 1.66. The first kappa shape index (κ1) is 15.7. The van der Waals surface area contributed by atoms with Crippen LogP contribution in [0.1, 0.15) is 12.0 Å². The molecule has 0 amide bonds. The smallest absolute Gasteiger partial charge is 0.188 e. The first-order valence-electron chi connectivity index (χ1n) is 5.60. The predicted molar refractivity (Wildman–Crippen MR) is 76.8 cm³/mol. The Morgan fingerprint density at radius 1 is 0.947 bits per heavy atom. The van der Waals surface area contributed by atoms with Gasteiger partial charge in [-0.3, -0.25) is 0 Å². The molecule has 0 atom stereocenters. The molecule has 1 aromatic carbocycles. The van der Waals surface area contributed by atoms with Gasteiger partial charge in [0.05, 0.1) is 0 Å². The van der Waals surface area contributed by atoms with Gasteiger partial charge in [0, 0.05) is 10.8 Å². The predicted octanol–water partition coefficient (Wildman–Crippen LogP) is 2.06. The SMILES string of the molecule is C=CS(=O)(=O)C(CCc1ccccc1)S(=O)(=O)C=C. The number of benzene rings is 1. The van der Waals surface area contributed by atoms with Crippen molar-refractivity contribution in [1.82, 2.24) is 0 Å². The second-order valence-electron chi connectivity index (χ2n) is 3.97. The summed E-state index contributed by atoms with van der Waals surface area (Å²) in [4.78, 5) is 0. The van der Waals surface area contributed by atoms with Crippen molar-refractivity contribution >= 4 is 19.7 Å². The standard InChI is InChI=1S/C13H16O4S2/c1-3-18(14,15)13(19(16,17)4-2)11-10-12-8-6-5-7-9-12/h3-9,13H,1-2,10-11H2. The summed E-state index contributed by atoms with van der Waals surface area (Å²) >= 11 is 0. The van der Waals surface area contributed by atoms with E-state index in [-0.39, 0.29) is 6.42 Å². The number of aryl methyl sites for hydroxylation is 1. The zero-order valence-corrected chi connectivity index (χ0v) is 12.0. The Morgan fingerprint density at radius 3 is 1.84 bits per heavy atom. The molecule has 0 fully saturated rings. The van der Waals surface area contributed by atoms with E-state index in [2.05, 4.69) is 13.2 Å². The highest BCUT2D eigenvalue weighted by atomic mass is 32.3. The number of hydrogen-bond acceptors (Lipinski definition) is 4. The zero-order chi connectivity index (χ0) is 14.5. The minimum atomic E-state index is -3.90. The van der Waals surface area contributed by atoms with Gasteiger partial charge in [0.25, 0.3) is 0 Å². The van der Waals surface area contributed by atoms with Gasteiger partial charge in [-0.25, -0.2) is 16.8 Å². The van der Waals surface area contributed by atoms with E-state index in [1.54, 1.807) is 0 Å². The van der Waals surface area contributed by atoms with Gasteiger partial charge in [0.2, 0.25) is 0 Å². The maximum Gasteiger partial charge on any atom is 0.188 e. The fourth-order valence-corrected chi connectivity index (χ4v) is 4.95. The minimum Gasteiger partial charge on any atom is -0.223 e. The van der Waals surface area contributed by atoms with Crippen molar-refractivity contribution in [3.8, 4) is 0 Å². The molecule has 104 valence electrons. The summed E-state index contributed by atoms with van der Waals surface area (Å²) in [5.41, 5.74) is 0.881. The van der Waals surface area contributed by atoms with E-state index in [9.17, 15) is 16.8 Å². The van der Waals surface area contributed by atoms with Gasteiger partial charge in [0.15, 0.2) is 24.3 Å². The molecule has 0 saturated heterocycles. The van der Waals surface area contributed by atoms with Gasteiger partial charge < -0.3 is 0 Å². The van der Waals surface area contributed by atoms with Crippen LogP contribution in [0.25, 0.3) is 0 Å². The Bertz CT molecular complexity index is 605. The second-order valence-corrected chi connectivity index (χ2v) is 8.42. The van der Waals surface area contributed by atoms with Crippen LogP contribution in [0.3, 0.4) is 0 Å². The average Bonchev–Trinajstić information content (AvgIpc) is 2.39. The van der Waals surface area contributed by atoms with Crippen molar-refractivity contribution in [3.05, 3.63) is 59.9 Å². The fraction of sp³-hybridized carbons (Fsp3) is 0.231. The van der Waals surface area contributed by atoms with E-state index in [0.717, 1.165) is 5.56 Å². The van der Waals surface area contributed by atoms with Crippen molar-refractivity contribution in [2.45, 2.75) is 17.4 Å². The van der Waals surface area contributed by atoms with Crippen LogP contribution < -0.4 is 0 Å². The van der Waals surface area contributed by atoms with Crippen molar-refractivity contribution in [1.29, 1.82) is 0 Å². The summed E-state index contributed by atoms with van der Waals surface area (Å²) in [5, 5.41) is 1.37. The van der Waals surface area contributed by atoms with Gasteiger partial charge in [-0.1, -0.05) is 43.5 Å².